The Bertz CT molecular complexity index is 586. The molecule has 0 aliphatic heterocycles. The minimum absolute atomic E-state index is 0.0253. The number of hydrogen-bond acceptors (Lipinski definition) is 2. The number of ketones is 1. The summed E-state index contributed by atoms with van der Waals surface area (Å²) in [5, 5.41) is 0. The zero-order valence-electron chi connectivity index (χ0n) is 11.9. The molecule has 0 atom stereocenters. The molecule has 2 aromatic rings. The van der Waals surface area contributed by atoms with Gasteiger partial charge in [-0.25, -0.2) is 0 Å². The molecule has 104 valence electrons. The Labute approximate surface area is 119 Å². The Morgan fingerprint density at radius 2 is 1.75 bits per heavy atom. The molecule has 0 N–H and O–H groups in total. The monoisotopic (exact) mass is 268 g/mol. The lowest BCUT2D eigenvalue weighted by molar-refractivity contribution is 0.101. The van der Waals surface area contributed by atoms with E-state index in [1.807, 2.05) is 25.1 Å². The van der Waals surface area contributed by atoms with Gasteiger partial charge in [0, 0.05) is 5.56 Å². The van der Waals surface area contributed by atoms with Crippen LogP contribution in [0, 0.1) is 6.92 Å². The van der Waals surface area contributed by atoms with E-state index in [-0.39, 0.29) is 5.78 Å². The summed E-state index contributed by atoms with van der Waals surface area (Å²) in [6.07, 6.45) is 8.16. The van der Waals surface area contributed by atoms with Crippen LogP contribution in [-0.4, -0.2) is 5.78 Å². The van der Waals surface area contributed by atoms with Crippen molar-refractivity contribution in [2.45, 2.75) is 44.9 Å². The molecule has 0 radical (unpaired) electrons. The van der Waals surface area contributed by atoms with Gasteiger partial charge in [0.05, 0.1) is 6.26 Å². The first-order chi connectivity index (χ1) is 9.75. The van der Waals surface area contributed by atoms with Crippen LogP contribution in [0.4, 0.5) is 0 Å². The van der Waals surface area contributed by atoms with E-state index in [1.165, 1.54) is 37.7 Å². The van der Waals surface area contributed by atoms with Crippen LogP contribution in [0.5, 0.6) is 0 Å². The van der Waals surface area contributed by atoms with Crippen molar-refractivity contribution in [2.24, 2.45) is 0 Å². The van der Waals surface area contributed by atoms with Crippen LogP contribution in [0.15, 0.2) is 41.0 Å². The molecule has 0 saturated heterocycles. The molecular formula is C18H20O2. The van der Waals surface area contributed by atoms with Crippen LogP contribution in [0.1, 0.15) is 65.3 Å². The molecule has 1 aliphatic carbocycles. The molecule has 1 heterocycles. The highest BCUT2D eigenvalue weighted by Gasteiger charge is 2.18. The summed E-state index contributed by atoms with van der Waals surface area (Å²) < 4.78 is 5.28. The van der Waals surface area contributed by atoms with Crippen molar-refractivity contribution >= 4 is 5.78 Å². The van der Waals surface area contributed by atoms with Crippen LogP contribution in [0.3, 0.4) is 0 Å². The van der Waals surface area contributed by atoms with Gasteiger partial charge < -0.3 is 4.42 Å². The van der Waals surface area contributed by atoms with Gasteiger partial charge in [-0.3, -0.25) is 4.79 Å². The van der Waals surface area contributed by atoms with Crippen molar-refractivity contribution in [2.75, 3.05) is 0 Å². The van der Waals surface area contributed by atoms with Crippen molar-refractivity contribution in [3.8, 4) is 0 Å². The van der Waals surface area contributed by atoms with Crippen molar-refractivity contribution < 1.29 is 9.21 Å². The zero-order valence-corrected chi connectivity index (χ0v) is 11.9. The quantitative estimate of drug-likeness (QED) is 0.744. The highest BCUT2D eigenvalue weighted by atomic mass is 16.3. The molecule has 1 fully saturated rings. The van der Waals surface area contributed by atoms with Crippen LogP contribution in [0.25, 0.3) is 0 Å². The second-order valence-corrected chi connectivity index (χ2v) is 5.72. The van der Waals surface area contributed by atoms with Gasteiger partial charge in [0.2, 0.25) is 5.78 Å². The number of hydrogen-bond donors (Lipinski definition) is 0. The summed E-state index contributed by atoms with van der Waals surface area (Å²) in [7, 11) is 0. The minimum atomic E-state index is -0.0253. The molecule has 2 heteroatoms. The van der Waals surface area contributed by atoms with E-state index in [0.29, 0.717) is 17.2 Å². The maximum absolute atomic E-state index is 12.3. The normalized spacial score (nSPS) is 16.2. The van der Waals surface area contributed by atoms with Crippen molar-refractivity contribution in [3.63, 3.8) is 0 Å². The van der Waals surface area contributed by atoms with E-state index >= 15 is 0 Å². The maximum Gasteiger partial charge on any atom is 0.228 e. The fraction of sp³-hybridized carbons (Fsp3) is 0.389. The van der Waals surface area contributed by atoms with E-state index in [0.717, 1.165) is 5.56 Å². The first-order valence-electron chi connectivity index (χ1n) is 7.44. The van der Waals surface area contributed by atoms with Gasteiger partial charge in [-0.05, 0) is 42.9 Å². The third-order valence-corrected chi connectivity index (χ3v) is 4.32. The number of carbonyl (C=O) groups is 1. The summed E-state index contributed by atoms with van der Waals surface area (Å²) in [4.78, 5) is 12.3. The molecule has 1 aromatic carbocycles. The van der Waals surface area contributed by atoms with Crippen LogP contribution in [0.2, 0.25) is 0 Å². The molecule has 1 saturated carbocycles. The molecule has 1 aliphatic rings. The van der Waals surface area contributed by atoms with E-state index in [4.69, 9.17) is 4.42 Å². The molecule has 0 amide bonds. The SMILES string of the molecule is Cc1ccoc1C(=O)c1ccc(C2CCCCC2)cc1. The Morgan fingerprint density at radius 3 is 2.35 bits per heavy atom. The predicted molar refractivity (Wildman–Crippen MR) is 79.1 cm³/mol. The first-order valence-corrected chi connectivity index (χ1v) is 7.44. The fourth-order valence-electron chi connectivity index (χ4n) is 3.08. The van der Waals surface area contributed by atoms with Crippen molar-refractivity contribution in [1.29, 1.82) is 0 Å². The molecule has 1 aromatic heterocycles. The molecule has 0 bridgehead atoms. The standard InChI is InChI=1S/C18H20O2/c1-13-11-12-20-18(13)17(19)16-9-7-15(8-10-16)14-5-3-2-4-6-14/h7-12,14H,2-6H2,1H3. The average molecular weight is 268 g/mol. The van der Waals surface area contributed by atoms with Crippen LogP contribution >= 0.6 is 0 Å². The molecule has 2 nitrogen and oxygen atoms in total. The number of benzene rings is 1. The molecule has 0 spiro atoms. The van der Waals surface area contributed by atoms with Gasteiger partial charge in [0.1, 0.15) is 0 Å². The van der Waals surface area contributed by atoms with Crippen LogP contribution < -0.4 is 0 Å². The molecule has 20 heavy (non-hydrogen) atoms. The van der Waals surface area contributed by atoms with Gasteiger partial charge in [-0.1, -0.05) is 43.5 Å². The summed E-state index contributed by atoms with van der Waals surface area (Å²) >= 11 is 0. The van der Waals surface area contributed by atoms with Gasteiger partial charge in [0.25, 0.3) is 0 Å². The van der Waals surface area contributed by atoms with Crippen molar-refractivity contribution in [3.05, 3.63) is 59.0 Å². The highest BCUT2D eigenvalue weighted by Crippen LogP contribution is 2.32. The lowest BCUT2D eigenvalue weighted by Gasteiger charge is -2.21. The Morgan fingerprint density at radius 1 is 1.05 bits per heavy atom. The van der Waals surface area contributed by atoms with E-state index < -0.39 is 0 Å². The van der Waals surface area contributed by atoms with Crippen molar-refractivity contribution in [1.82, 2.24) is 0 Å². The zero-order chi connectivity index (χ0) is 13.9. The third kappa shape index (κ3) is 2.55. The first kappa shape index (κ1) is 13.2. The summed E-state index contributed by atoms with van der Waals surface area (Å²) in [6, 6.07) is 9.93. The fourth-order valence-corrected chi connectivity index (χ4v) is 3.08. The highest BCUT2D eigenvalue weighted by molar-refractivity contribution is 6.07. The summed E-state index contributed by atoms with van der Waals surface area (Å²) in [5.74, 6) is 1.11. The van der Waals surface area contributed by atoms with Gasteiger partial charge in [-0.2, -0.15) is 0 Å². The third-order valence-electron chi connectivity index (χ3n) is 4.32. The van der Waals surface area contributed by atoms with Gasteiger partial charge >= 0.3 is 0 Å². The second-order valence-electron chi connectivity index (χ2n) is 5.72. The number of furan rings is 1. The van der Waals surface area contributed by atoms with E-state index in [1.54, 1.807) is 6.26 Å². The topological polar surface area (TPSA) is 30.2 Å². The van der Waals surface area contributed by atoms with Gasteiger partial charge in [0.15, 0.2) is 5.76 Å². The van der Waals surface area contributed by atoms with E-state index in [2.05, 4.69) is 12.1 Å². The minimum Gasteiger partial charge on any atom is -0.461 e. The second kappa shape index (κ2) is 5.66. The largest absolute Gasteiger partial charge is 0.461 e. The lowest BCUT2D eigenvalue weighted by atomic mass is 9.84. The Hall–Kier alpha value is -1.83. The number of carbonyl (C=O) groups excluding carboxylic acids is 1. The maximum atomic E-state index is 12.3. The number of aryl methyl sites for hydroxylation is 1. The lowest BCUT2D eigenvalue weighted by Crippen LogP contribution is -2.06. The molecular weight excluding hydrogens is 248 g/mol. The van der Waals surface area contributed by atoms with Gasteiger partial charge in [-0.15, -0.1) is 0 Å². The average Bonchev–Trinajstić information content (AvgIpc) is 2.94. The summed E-state index contributed by atoms with van der Waals surface area (Å²) in [6.45, 7) is 1.90. The Kier molecular flexibility index (Phi) is 3.72. The van der Waals surface area contributed by atoms with Crippen LogP contribution in [-0.2, 0) is 0 Å². The molecule has 3 rings (SSSR count). The molecule has 0 unspecified atom stereocenters. The Balaban J connectivity index is 1.79. The summed E-state index contributed by atoms with van der Waals surface area (Å²) in [5.41, 5.74) is 2.98. The number of rotatable bonds is 3. The predicted octanol–water partition coefficient (Wildman–Crippen LogP) is 4.87. The van der Waals surface area contributed by atoms with E-state index in [9.17, 15) is 4.79 Å². The smallest absolute Gasteiger partial charge is 0.228 e.